The Bertz CT molecular complexity index is 3890. The molecule has 2 heteroatoms. The van der Waals surface area contributed by atoms with Crippen molar-refractivity contribution in [2.45, 2.75) is 19.3 Å². The van der Waals surface area contributed by atoms with Crippen molar-refractivity contribution in [1.82, 2.24) is 0 Å². The van der Waals surface area contributed by atoms with E-state index in [0.29, 0.717) is 0 Å². The van der Waals surface area contributed by atoms with Crippen molar-refractivity contribution in [3.8, 4) is 33.4 Å². The van der Waals surface area contributed by atoms with Gasteiger partial charge in [-0.1, -0.05) is 184 Å². The molecule has 0 N–H and O–H groups in total. The second kappa shape index (κ2) is 16.3. The number of para-hydroxylation sites is 3. The Balaban J connectivity index is 1.12. The van der Waals surface area contributed by atoms with Gasteiger partial charge in [0.15, 0.2) is 0 Å². The van der Waals surface area contributed by atoms with Gasteiger partial charge in [0, 0.05) is 39.5 Å². The van der Waals surface area contributed by atoms with Gasteiger partial charge in [0.2, 0.25) is 0 Å². The number of fused-ring (bicyclic) bond motifs is 7. The van der Waals surface area contributed by atoms with Crippen LogP contribution in [0.25, 0.3) is 76.5 Å². The highest BCUT2D eigenvalue weighted by atomic mass is 15.1. The van der Waals surface area contributed by atoms with E-state index >= 15 is 0 Å². The molecule has 0 bridgehead atoms. The Labute approximate surface area is 403 Å². The minimum absolute atomic E-state index is 0.139. The Morgan fingerprint density at radius 3 is 1.16 bits per heavy atom. The topological polar surface area (TPSA) is 6.48 Å². The number of nitrogens with zero attached hydrogens (tertiary/aromatic N) is 2. The molecule has 0 saturated carbocycles. The summed E-state index contributed by atoms with van der Waals surface area (Å²) in [5.41, 5.74) is 16.7. The van der Waals surface area contributed by atoms with Crippen molar-refractivity contribution < 1.29 is 0 Å². The van der Waals surface area contributed by atoms with Gasteiger partial charge in [-0.25, -0.2) is 0 Å². The molecule has 0 fully saturated rings. The fourth-order valence-electron chi connectivity index (χ4n) is 11.3. The van der Waals surface area contributed by atoms with Gasteiger partial charge in [-0.15, -0.1) is 0 Å². The molecule has 12 aromatic carbocycles. The van der Waals surface area contributed by atoms with Crippen LogP contribution >= 0.6 is 0 Å². The minimum atomic E-state index is -0.139. The molecule has 0 atom stereocenters. The summed E-state index contributed by atoms with van der Waals surface area (Å²) in [4.78, 5) is 4.82. The number of hydrogen-bond acceptors (Lipinski definition) is 2. The SMILES string of the molecule is CC1(C)c2ccccc2-c2ccc(N(c3ccccc3)c3ccc4c(-c5ccc6ccccc6c5)c5cc(N(c6ccccc6)c6ccccc6)ccc5c(-c5ccc6ccccc6c5)c4c3)cc21. The highest BCUT2D eigenvalue weighted by Crippen LogP contribution is 2.52. The third-order valence-corrected chi connectivity index (χ3v) is 14.5. The first kappa shape index (κ1) is 40.5. The minimum Gasteiger partial charge on any atom is -0.310 e. The second-order valence-corrected chi connectivity index (χ2v) is 18.9. The second-order valence-electron chi connectivity index (χ2n) is 18.9. The zero-order chi connectivity index (χ0) is 46.1. The fraction of sp³-hybridized carbons (Fsp3) is 0.0448. The summed E-state index contributed by atoms with van der Waals surface area (Å²) in [7, 11) is 0. The molecule has 0 radical (unpaired) electrons. The van der Waals surface area contributed by atoms with E-state index in [2.05, 4.69) is 278 Å². The quantitative estimate of drug-likeness (QED) is 0.140. The fourth-order valence-corrected chi connectivity index (χ4v) is 11.3. The number of rotatable bonds is 8. The van der Waals surface area contributed by atoms with Crippen LogP contribution in [0.1, 0.15) is 25.0 Å². The molecule has 0 aromatic heterocycles. The molecular weight excluding hydrogens is 833 g/mol. The Kier molecular flexibility index (Phi) is 9.55. The largest absolute Gasteiger partial charge is 0.310 e. The number of benzene rings is 12. The van der Waals surface area contributed by atoms with E-state index in [-0.39, 0.29) is 5.41 Å². The maximum Gasteiger partial charge on any atom is 0.0468 e. The summed E-state index contributed by atoms with van der Waals surface area (Å²) in [6.07, 6.45) is 0. The summed E-state index contributed by atoms with van der Waals surface area (Å²) in [5, 5.41) is 9.68. The van der Waals surface area contributed by atoms with E-state index in [1.165, 1.54) is 87.6 Å². The van der Waals surface area contributed by atoms with Crippen molar-refractivity contribution in [1.29, 1.82) is 0 Å². The molecule has 0 saturated heterocycles. The Hall–Kier alpha value is -8.72. The number of anilines is 6. The van der Waals surface area contributed by atoms with E-state index in [1.807, 2.05) is 0 Å². The van der Waals surface area contributed by atoms with E-state index in [0.717, 1.165) is 34.1 Å². The predicted molar refractivity (Wildman–Crippen MR) is 294 cm³/mol. The van der Waals surface area contributed by atoms with E-state index < -0.39 is 0 Å². The van der Waals surface area contributed by atoms with E-state index in [4.69, 9.17) is 0 Å². The average Bonchev–Trinajstić information content (AvgIpc) is 3.63. The summed E-state index contributed by atoms with van der Waals surface area (Å²) in [5.74, 6) is 0. The third-order valence-electron chi connectivity index (χ3n) is 14.5. The molecule has 326 valence electrons. The summed E-state index contributed by atoms with van der Waals surface area (Å²) in [6.45, 7) is 4.73. The molecule has 0 aliphatic heterocycles. The smallest absolute Gasteiger partial charge is 0.0468 e. The standard InChI is InChI=1S/C67H48N2/c1-67(2)63-29-17-16-28-57(63)58-37-34-56(44-64(58)67)69(53-26-10-5-11-27-53)55-36-39-60-62(43-55)66(50-33-31-46-19-13-15-21-48(46)41-50)59-38-35-54(68(51-22-6-3-7-23-51)52-24-8-4-9-25-52)42-61(59)65(60)49-32-30-45-18-12-14-20-47(45)40-49/h3-44H,1-2H3. The van der Waals surface area contributed by atoms with Crippen molar-refractivity contribution in [3.05, 3.63) is 266 Å². The Morgan fingerprint density at radius 1 is 0.261 bits per heavy atom. The van der Waals surface area contributed by atoms with Gasteiger partial charge in [-0.3, -0.25) is 0 Å². The molecule has 2 nitrogen and oxygen atoms in total. The molecule has 0 unspecified atom stereocenters. The van der Waals surface area contributed by atoms with Crippen LogP contribution in [0.4, 0.5) is 34.1 Å². The van der Waals surface area contributed by atoms with Crippen molar-refractivity contribution in [3.63, 3.8) is 0 Å². The third kappa shape index (κ3) is 6.79. The van der Waals surface area contributed by atoms with Crippen LogP contribution in [0.5, 0.6) is 0 Å². The first-order chi connectivity index (χ1) is 34.0. The van der Waals surface area contributed by atoms with Crippen molar-refractivity contribution >= 4 is 77.2 Å². The summed E-state index contributed by atoms with van der Waals surface area (Å²) in [6, 6.07) is 94.0. The van der Waals surface area contributed by atoms with Gasteiger partial charge < -0.3 is 9.80 Å². The molecule has 1 aliphatic rings. The molecule has 69 heavy (non-hydrogen) atoms. The molecule has 12 aromatic rings. The maximum atomic E-state index is 2.46. The van der Waals surface area contributed by atoms with Gasteiger partial charge in [-0.05, 0) is 173 Å². The molecule has 0 spiro atoms. The van der Waals surface area contributed by atoms with Gasteiger partial charge in [0.25, 0.3) is 0 Å². The van der Waals surface area contributed by atoms with Crippen molar-refractivity contribution in [2.24, 2.45) is 0 Å². The first-order valence-corrected chi connectivity index (χ1v) is 24.0. The molecule has 0 heterocycles. The van der Waals surface area contributed by atoms with E-state index in [1.54, 1.807) is 0 Å². The molecule has 0 amide bonds. The monoisotopic (exact) mass is 880 g/mol. The lowest BCUT2D eigenvalue weighted by Gasteiger charge is -2.29. The first-order valence-electron chi connectivity index (χ1n) is 24.0. The normalized spacial score (nSPS) is 12.6. The molecule has 1 aliphatic carbocycles. The van der Waals surface area contributed by atoms with Crippen molar-refractivity contribution in [2.75, 3.05) is 9.80 Å². The maximum absolute atomic E-state index is 2.46. The van der Waals surface area contributed by atoms with Crippen LogP contribution in [0.3, 0.4) is 0 Å². The molecular formula is C67H48N2. The van der Waals surface area contributed by atoms with Gasteiger partial charge in [-0.2, -0.15) is 0 Å². The zero-order valence-electron chi connectivity index (χ0n) is 38.6. The zero-order valence-corrected chi connectivity index (χ0v) is 38.6. The predicted octanol–water partition coefficient (Wildman–Crippen LogP) is 18.9. The van der Waals surface area contributed by atoms with Crippen LogP contribution in [0.2, 0.25) is 0 Å². The highest BCUT2D eigenvalue weighted by molar-refractivity contribution is 6.23. The number of hydrogen-bond donors (Lipinski definition) is 0. The van der Waals surface area contributed by atoms with Crippen LogP contribution in [0, 0.1) is 0 Å². The summed E-state index contributed by atoms with van der Waals surface area (Å²) >= 11 is 0. The Morgan fingerprint density at radius 2 is 0.652 bits per heavy atom. The van der Waals surface area contributed by atoms with Gasteiger partial charge in [0.1, 0.15) is 0 Å². The summed E-state index contributed by atoms with van der Waals surface area (Å²) < 4.78 is 0. The van der Waals surface area contributed by atoms with Gasteiger partial charge in [0.05, 0.1) is 0 Å². The lowest BCUT2D eigenvalue weighted by Crippen LogP contribution is -2.16. The van der Waals surface area contributed by atoms with Crippen LogP contribution in [-0.2, 0) is 5.41 Å². The highest BCUT2D eigenvalue weighted by Gasteiger charge is 2.36. The van der Waals surface area contributed by atoms with Crippen LogP contribution in [-0.4, -0.2) is 0 Å². The average molecular weight is 881 g/mol. The van der Waals surface area contributed by atoms with Crippen LogP contribution in [0.15, 0.2) is 255 Å². The lowest BCUT2D eigenvalue weighted by atomic mass is 9.82. The van der Waals surface area contributed by atoms with Crippen LogP contribution < -0.4 is 9.80 Å². The lowest BCUT2D eigenvalue weighted by molar-refractivity contribution is 0.660. The van der Waals surface area contributed by atoms with E-state index in [9.17, 15) is 0 Å². The van der Waals surface area contributed by atoms with Gasteiger partial charge >= 0.3 is 0 Å². The molecule has 13 rings (SSSR count).